The maximum Gasteiger partial charge on any atom is 0.0762 e. The lowest BCUT2D eigenvalue weighted by Gasteiger charge is -2.21. The van der Waals surface area contributed by atoms with E-state index in [0.29, 0.717) is 12.6 Å². The zero-order valence-electron chi connectivity index (χ0n) is 11.5. The van der Waals surface area contributed by atoms with Crippen molar-refractivity contribution >= 4 is 0 Å². The van der Waals surface area contributed by atoms with E-state index in [1.54, 1.807) is 13.8 Å². The summed E-state index contributed by atoms with van der Waals surface area (Å²) in [6.07, 6.45) is 8.65. The third kappa shape index (κ3) is 4.10. The van der Waals surface area contributed by atoms with Crippen LogP contribution in [0.5, 0.6) is 0 Å². The van der Waals surface area contributed by atoms with Gasteiger partial charge in [0, 0.05) is 19.3 Å². The molecule has 1 fully saturated rings. The largest absolute Gasteiger partial charge is 0.389 e. The van der Waals surface area contributed by atoms with Crippen molar-refractivity contribution in [1.29, 1.82) is 0 Å². The summed E-state index contributed by atoms with van der Waals surface area (Å²) in [5, 5.41) is 17.5. The van der Waals surface area contributed by atoms with Gasteiger partial charge in [0.1, 0.15) is 0 Å². The SMILES string of the molecule is CC(C)(O)CNCc1ccn(C2CCCCC2)n1. The van der Waals surface area contributed by atoms with Crippen LogP contribution < -0.4 is 5.32 Å². The summed E-state index contributed by atoms with van der Waals surface area (Å²) < 4.78 is 2.13. The Morgan fingerprint density at radius 1 is 1.39 bits per heavy atom. The lowest BCUT2D eigenvalue weighted by Crippen LogP contribution is -2.34. The summed E-state index contributed by atoms with van der Waals surface area (Å²) in [6, 6.07) is 2.67. The quantitative estimate of drug-likeness (QED) is 0.844. The summed E-state index contributed by atoms with van der Waals surface area (Å²) in [5.41, 5.74) is 0.399. The predicted octanol–water partition coefficient (Wildman–Crippen LogP) is 2.25. The number of rotatable bonds is 5. The molecule has 1 aromatic rings. The zero-order valence-corrected chi connectivity index (χ0v) is 11.5. The number of hydrogen-bond acceptors (Lipinski definition) is 3. The second-order valence-corrected chi connectivity index (χ2v) is 5.99. The van der Waals surface area contributed by atoms with Gasteiger partial charge in [0.2, 0.25) is 0 Å². The third-order valence-corrected chi connectivity index (χ3v) is 3.48. The van der Waals surface area contributed by atoms with Gasteiger partial charge in [0.25, 0.3) is 0 Å². The Morgan fingerprint density at radius 2 is 2.11 bits per heavy atom. The molecule has 102 valence electrons. The zero-order chi connectivity index (χ0) is 13.0. The van der Waals surface area contributed by atoms with Gasteiger partial charge in [-0.1, -0.05) is 19.3 Å². The first-order valence-electron chi connectivity index (χ1n) is 7.02. The van der Waals surface area contributed by atoms with Crippen molar-refractivity contribution in [1.82, 2.24) is 15.1 Å². The van der Waals surface area contributed by atoms with Crippen LogP contribution in [-0.2, 0) is 6.54 Å². The molecule has 1 saturated carbocycles. The van der Waals surface area contributed by atoms with Crippen molar-refractivity contribution in [2.24, 2.45) is 0 Å². The van der Waals surface area contributed by atoms with E-state index in [9.17, 15) is 5.11 Å². The van der Waals surface area contributed by atoms with Crippen LogP contribution in [0.1, 0.15) is 57.7 Å². The van der Waals surface area contributed by atoms with E-state index < -0.39 is 5.60 Å². The average Bonchev–Trinajstić information content (AvgIpc) is 2.77. The van der Waals surface area contributed by atoms with Gasteiger partial charge in [-0.15, -0.1) is 0 Å². The standard InChI is InChI=1S/C14H25N3O/c1-14(2,18)11-15-10-12-8-9-17(16-12)13-6-4-3-5-7-13/h8-9,13,15,18H,3-7,10-11H2,1-2H3. The molecule has 4 heteroatoms. The van der Waals surface area contributed by atoms with Crippen LogP contribution in [0.3, 0.4) is 0 Å². The minimum atomic E-state index is -0.661. The Bertz CT molecular complexity index is 361. The van der Waals surface area contributed by atoms with E-state index in [-0.39, 0.29) is 0 Å². The topological polar surface area (TPSA) is 50.1 Å². The highest BCUT2D eigenvalue weighted by atomic mass is 16.3. The van der Waals surface area contributed by atoms with Crippen LogP contribution in [0.15, 0.2) is 12.3 Å². The minimum absolute atomic E-state index is 0.587. The van der Waals surface area contributed by atoms with Crippen molar-refractivity contribution in [3.63, 3.8) is 0 Å². The molecular weight excluding hydrogens is 226 g/mol. The fraction of sp³-hybridized carbons (Fsp3) is 0.786. The molecule has 0 unspecified atom stereocenters. The number of nitrogens with one attached hydrogen (secondary N) is 1. The van der Waals surface area contributed by atoms with Gasteiger partial charge in [0.15, 0.2) is 0 Å². The van der Waals surface area contributed by atoms with Crippen LogP contribution >= 0.6 is 0 Å². The van der Waals surface area contributed by atoms with Crippen LogP contribution in [-0.4, -0.2) is 27.0 Å². The van der Waals surface area contributed by atoms with Crippen molar-refractivity contribution < 1.29 is 5.11 Å². The second-order valence-electron chi connectivity index (χ2n) is 5.99. The first-order chi connectivity index (χ1) is 8.54. The second kappa shape index (κ2) is 5.85. The molecule has 0 saturated heterocycles. The number of hydrogen-bond donors (Lipinski definition) is 2. The summed E-state index contributed by atoms with van der Waals surface area (Å²) in [4.78, 5) is 0. The first kappa shape index (κ1) is 13.6. The maximum atomic E-state index is 9.62. The van der Waals surface area contributed by atoms with Crippen molar-refractivity contribution in [3.05, 3.63) is 18.0 Å². The Hall–Kier alpha value is -0.870. The first-order valence-corrected chi connectivity index (χ1v) is 7.02. The molecule has 0 amide bonds. The van der Waals surface area contributed by atoms with Gasteiger partial charge in [0.05, 0.1) is 17.3 Å². The smallest absolute Gasteiger partial charge is 0.0762 e. The normalized spacial score (nSPS) is 18.2. The summed E-state index contributed by atoms with van der Waals surface area (Å²) >= 11 is 0. The lowest BCUT2D eigenvalue weighted by atomic mass is 9.96. The lowest BCUT2D eigenvalue weighted by molar-refractivity contribution is 0.0794. The van der Waals surface area contributed by atoms with Gasteiger partial charge < -0.3 is 10.4 Å². The van der Waals surface area contributed by atoms with Crippen LogP contribution in [0.4, 0.5) is 0 Å². The van der Waals surface area contributed by atoms with E-state index in [4.69, 9.17) is 0 Å². The van der Waals surface area contributed by atoms with E-state index in [0.717, 1.165) is 12.2 Å². The molecule has 0 bridgehead atoms. The predicted molar refractivity (Wildman–Crippen MR) is 72.4 cm³/mol. The molecule has 4 nitrogen and oxygen atoms in total. The summed E-state index contributed by atoms with van der Waals surface area (Å²) in [5.74, 6) is 0. The third-order valence-electron chi connectivity index (χ3n) is 3.48. The van der Waals surface area contributed by atoms with Crippen molar-refractivity contribution in [2.75, 3.05) is 6.54 Å². The molecule has 2 N–H and O–H groups in total. The molecule has 0 aromatic carbocycles. The van der Waals surface area contributed by atoms with Crippen LogP contribution in [0, 0.1) is 0 Å². The molecule has 0 aliphatic heterocycles. The monoisotopic (exact) mass is 251 g/mol. The van der Waals surface area contributed by atoms with Gasteiger partial charge in [-0.3, -0.25) is 4.68 Å². The van der Waals surface area contributed by atoms with Crippen LogP contribution in [0.2, 0.25) is 0 Å². The molecule has 0 spiro atoms. The van der Waals surface area contributed by atoms with Gasteiger partial charge in [-0.2, -0.15) is 5.10 Å². The number of nitrogens with zero attached hydrogens (tertiary/aromatic N) is 2. The Morgan fingerprint density at radius 3 is 2.78 bits per heavy atom. The Kier molecular flexibility index (Phi) is 4.40. The molecule has 1 aliphatic carbocycles. The molecule has 0 atom stereocenters. The van der Waals surface area contributed by atoms with Crippen LogP contribution in [0.25, 0.3) is 0 Å². The molecular formula is C14H25N3O. The van der Waals surface area contributed by atoms with E-state index in [2.05, 4.69) is 27.4 Å². The molecule has 1 heterocycles. The fourth-order valence-electron chi connectivity index (χ4n) is 2.52. The van der Waals surface area contributed by atoms with Crippen molar-refractivity contribution in [2.45, 2.75) is 64.1 Å². The summed E-state index contributed by atoms with van der Waals surface area (Å²) in [6.45, 7) is 4.92. The highest BCUT2D eigenvalue weighted by Crippen LogP contribution is 2.27. The molecule has 2 rings (SSSR count). The fourth-order valence-corrected chi connectivity index (χ4v) is 2.52. The van der Waals surface area contributed by atoms with Gasteiger partial charge in [-0.25, -0.2) is 0 Å². The van der Waals surface area contributed by atoms with Crippen molar-refractivity contribution in [3.8, 4) is 0 Å². The molecule has 1 aliphatic rings. The average molecular weight is 251 g/mol. The Balaban J connectivity index is 1.82. The Labute approximate surface area is 109 Å². The van der Waals surface area contributed by atoms with E-state index >= 15 is 0 Å². The summed E-state index contributed by atoms with van der Waals surface area (Å²) in [7, 11) is 0. The molecule has 1 aromatic heterocycles. The highest BCUT2D eigenvalue weighted by Gasteiger charge is 2.16. The van der Waals surface area contributed by atoms with Gasteiger partial charge >= 0.3 is 0 Å². The maximum absolute atomic E-state index is 9.62. The van der Waals surface area contributed by atoms with E-state index in [1.165, 1.54) is 32.1 Å². The van der Waals surface area contributed by atoms with E-state index in [1.807, 2.05) is 0 Å². The number of aromatic nitrogens is 2. The highest BCUT2D eigenvalue weighted by molar-refractivity contribution is 5.00. The molecule has 18 heavy (non-hydrogen) atoms. The molecule has 0 radical (unpaired) electrons. The minimum Gasteiger partial charge on any atom is -0.389 e. The van der Waals surface area contributed by atoms with Gasteiger partial charge in [-0.05, 0) is 32.8 Å². The number of aliphatic hydroxyl groups is 1.